The second-order valence-corrected chi connectivity index (χ2v) is 8.07. The molecule has 1 spiro atoms. The molecule has 3 aliphatic heterocycles. The van der Waals surface area contributed by atoms with Crippen molar-refractivity contribution in [3.63, 3.8) is 0 Å². The molecule has 3 fully saturated rings. The molecule has 5 heteroatoms. The molecule has 3 heterocycles. The summed E-state index contributed by atoms with van der Waals surface area (Å²) in [6, 6.07) is 0. The lowest BCUT2D eigenvalue weighted by atomic mass is 9.62. The average molecular weight is 318 g/mol. The van der Waals surface area contributed by atoms with Gasteiger partial charge >= 0.3 is 0 Å². The number of hydrogen-bond donors (Lipinski definition) is 0. The van der Waals surface area contributed by atoms with Crippen LogP contribution in [-0.4, -0.2) is 60.5 Å². The largest absolute Gasteiger partial charge is 0.361 e. The van der Waals surface area contributed by atoms with E-state index < -0.39 is 5.60 Å². The predicted molar refractivity (Wildman–Crippen MR) is 85.6 cm³/mol. The van der Waals surface area contributed by atoms with Gasteiger partial charge < -0.3 is 9.64 Å². The summed E-state index contributed by atoms with van der Waals surface area (Å²) in [4.78, 5) is 29.4. The van der Waals surface area contributed by atoms with E-state index in [9.17, 15) is 9.59 Å². The molecule has 0 aromatic heterocycles. The van der Waals surface area contributed by atoms with Crippen molar-refractivity contribution in [3.05, 3.63) is 11.1 Å². The van der Waals surface area contributed by atoms with Gasteiger partial charge in [-0.05, 0) is 57.3 Å². The molecule has 0 aromatic rings. The van der Waals surface area contributed by atoms with E-state index in [0.717, 1.165) is 19.3 Å². The second-order valence-electron chi connectivity index (χ2n) is 8.07. The maximum absolute atomic E-state index is 13.0. The quantitative estimate of drug-likeness (QED) is 0.584. The number of hydrogen-bond acceptors (Lipinski definition) is 4. The van der Waals surface area contributed by atoms with Gasteiger partial charge in [0, 0.05) is 13.1 Å². The van der Waals surface area contributed by atoms with E-state index in [2.05, 4.69) is 13.8 Å². The lowest BCUT2D eigenvalue weighted by Crippen LogP contribution is -2.47. The minimum absolute atomic E-state index is 0.00319. The van der Waals surface area contributed by atoms with Gasteiger partial charge in [0.05, 0.1) is 17.9 Å². The smallest absolute Gasteiger partial charge is 0.236 e. The van der Waals surface area contributed by atoms with Crippen molar-refractivity contribution in [1.29, 1.82) is 0 Å². The highest BCUT2D eigenvalue weighted by Gasteiger charge is 2.71. The topological polar surface area (TPSA) is 49.9 Å². The van der Waals surface area contributed by atoms with Gasteiger partial charge in [-0.3, -0.25) is 14.5 Å². The van der Waals surface area contributed by atoms with E-state index in [1.54, 1.807) is 0 Å². The third-order valence-electron chi connectivity index (χ3n) is 6.33. The number of imide groups is 1. The van der Waals surface area contributed by atoms with Gasteiger partial charge in [-0.25, -0.2) is 0 Å². The van der Waals surface area contributed by atoms with Crippen molar-refractivity contribution in [3.8, 4) is 0 Å². The fourth-order valence-electron chi connectivity index (χ4n) is 5.28. The van der Waals surface area contributed by atoms with Crippen molar-refractivity contribution in [2.45, 2.75) is 44.8 Å². The molecule has 5 unspecified atom stereocenters. The molecule has 2 bridgehead atoms. The first-order chi connectivity index (χ1) is 10.9. The Morgan fingerprint density at radius 2 is 2.04 bits per heavy atom. The number of carbonyl (C=O) groups excluding carboxylic acids is 2. The summed E-state index contributed by atoms with van der Waals surface area (Å²) in [7, 11) is 3.92. The third-order valence-corrected chi connectivity index (χ3v) is 6.33. The second kappa shape index (κ2) is 4.90. The van der Waals surface area contributed by atoms with Gasteiger partial charge in [-0.15, -0.1) is 0 Å². The van der Waals surface area contributed by atoms with Gasteiger partial charge in [-0.2, -0.15) is 0 Å². The van der Waals surface area contributed by atoms with Crippen molar-refractivity contribution >= 4 is 11.8 Å². The zero-order chi connectivity index (χ0) is 16.5. The molecule has 4 rings (SSSR count). The Hall–Kier alpha value is -1.20. The summed E-state index contributed by atoms with van der Waals surface area (Å²) >= 11 is 0. The first kappa shape index (κ1) is 15.3. The van der Waals surface area contributed by atoms with E-state index in [0.29, 0.717) is 19.0 Å². The number of fused-ring (bicyclic) bond motifs is 3. The van der Waals surface area contributed by atoms with Crippen LogP contribution < -0.4 is 0 Å². The summed E-state index contributed by atoms with van der Waals surface area (Å²) in [5.74, 6) is -0.0195. The number of nitrogens with zero attached hydrogens (tertiary/aromatic N) is 2. The minimum atomic E-state index is -0.476. The summed E-state index contributed by atoms with van der Waals surface area (Å²) in [6.45, 7) is 5.54. The highest BCUT2D eigenvalue weighted by molar-refractivity contribution is 6.07. The molecule has 0 aromatic carbocycles. The highest BCUT2D eigenvalue weighted by Crippen LogP contribution is 2.62. The monoisotopic (exact) mass is 318 g/mol. The van der Waals surface area contributed by atoms with Crippen LogP contribution in [0.25, 0.3) is 0 Å². The summed E-state index contributed by atoms with van der Waals surface area (Å²) < 4.78 is 6.38. The maximum Gasteiger partial charge on any atom is 0.236 e. The van der Waals surface area contributed by atoms with Crippen LogP contribution in [0.4, 0.5) is 0 Å². The molecule has 1 aliphatic carbocycles. The van der Waals surface area contributed by atoms with Gasteiger partial charge in [0.15, 0.2) is 0 Å². The van der Waals surface area contributed by atoms with E-state index >= 15 is 0 Å². The Morgan fingerprint density at radius 1 is 1.30 bits per heavy atom. The third kappa shape index (κ3) is 1.86. The Bertz CT molecular complexity index is 611. The van der Waals surface area contributed by atoms with Gasteiger partial charge in [-0.1, -0.05) is 6.92 Å². The van der Waals surface area contributed by atoms with Gasteiger partial charge in [0.25, 0.3) is 0 Å². The van der Waals surface area contributed by atoms with Crippen molar-refractivity contribution < 1.29 is 14.3 Å². The molecule has 4 aliphatic rings. The zero-order valence-electron chi connectivity index (χ0n) is 14.5. The van der Waals surface area contributed by atoms with E-state index in [1.807, 2.05) is 19.0 Å². The molecule has 2 amide bonds. The Balaban J connectivity index is 1.69. The van der Waals surface area contributed by atoms with Crippen LogP contribution in [0.15, 0.2) is 11.1 Å². The van der Waals surface area contributed by atoms with Crippen molar-refractivity contribution in [2.24, 2.45) is 17.8 Å². The number of ether oxygens (including phenoxy) is 1. The van der Waals surface area contributed by atoms with Crippen molar-refractivity contribution in [1.82, 2.24) is 9.80 Å². The number of carbonyl (C=O) groups is 2. The molecule has 126 valence electrons. The molecule has 0 N–H and O–H groups in total. The number of likely N-dealkylation sites (N-methyl/N-ethyl adjacent to an activating group) is 1. The Morgan fingerprint density at radius 3 is 2.74 bits per heavy atom. The summed E-state index contributed by atoms with van der Waals surface area (Å²) in [5, 5.41) is 0. The molecular weight excluding hydrogens is 292 g/mol. The first-order valence-electron chi connectivity index (χ1n) is 8.74. The molecular formula is C18H26N2O3. The van der Waals surface area contributed by atoms with Crippen LogP contribution in [0.5, 0.6) is 0 Å². The summed E-state index contributed by atoms with van der Waals surface area (Å²) in [6.07, 6.45) is 2.90. The molecule has 2 saturated heterocycles. The molecule has 1 saturated carbocycles. The van der Waals surface area contributed by atoms with Crippen LogP contribution in [0.1, 0.15) is 33.1 Å². The average Bonchev–Trinajstić information content (AvgIpc) is 3.03. The van der Waals surface area contributed by atoms with E-state index in [1.165, 1.54) is 16.0 Å². The van der Waals surface area contributed by atoms with Crippen LogP contribution in [0.2, 0.25) is 0 Å². The fraction of sp³-hybridized carbons (Fsp3) is 0.778. The normalized spacial score (nSPS) is 42.0. The van der Waals surface area contributed by atoms with Crippen LogP contribution >= 0.6 is 0 Å². The van der Waals surface area contributed by atoms with Crippen LogP contribution in [0.3, 0.4) is 0 Å². The fourth-order valence-corrected chi connectivity index (χ4v) is 5.28. The lowest BCUT2D eigenvalue weighted by Gasteiger charge is -2.40. The lowest BCUT2D eigenvalue weighted by molar-refractivity contribution is -0.145. The number of likely N-dealkylation sites (tertiary alicyclic amines) is 1. The van der Waals surface area contributed by atoms with Crippen LogP contribution in [0, 0.1) is 17.8 Å². The minimum Gasteiger partial charge on any atom is -0.361 e. The predicted octanol–water partition coefficient (Wildman–Crippen LogP) is 1.44. The highest BCUT2D eigenvalue weighted by atomic mass is 16.5. The zero-order valence-corrected chi connectivity index (χ0v) is 14.5. The van der Waals surface area contributed by atoms with Gasteiger partial charge in [0.2, 0.25) is 11.8 Å². The number of amides is 2. The van der Waals surface area contributed by atoms with E-state index in [4.69, 9.17) is 4.74 Å². The maximum atomic E-state index is 13.0. The van der Waals surface area contributed by atoms with Gasteiger partial charge in [0.1, 0.15) is 5.60 Å². The molecule has 5 nitrogen and oxygen atoms in total. The van der Waals surface area contributed by atoms with Crippen LogP contribution in [-0.2, 0) is 14.3 Å². The first-order valence-corrected chi connectivity index (χ1v) is 8.74. The Labute approximate surface area is 137 Å². The SMILES string of the molecule is CC1=C2CCC(C)CC23OC1C1C(=O)N(CCN(C)C)C(=O)C13. The van der Waals surface area contributed by atoms with Crippen molar-refractivity contribution in [2.75, 3.05) is 27.2 Å². The summed E-state index contributed by atoms with van der Waals surface area (Å²) in [5.41, 5.74) is 2.09. The molecule has 23 heavy (non-hydrogen) atoms. The van der Waals surface area contributed by atoms with E-state index in [-0.39, 0.29) is 29.8 Å². The standard InChI is InChI=1S/C18H26N2O3/c1-10-5-6-12-11(2)15-13-14(18(12,9-10)23-15)17(22)20(16(13)21)8-7-19(3)4/h10,13-15H,5-9H2,1-4H3. The molecule has 0 radical (unpaired) electrons. The molecule has 5 atom stereocenters. The number of rotatable bonds is 3. The Kier molecular flexibility index (Phi) is 3.27.